The molecule has 0 bridgehead atoms. The normalized spacial score (nSPS) is 34.0. The summed E-state index contributed by atoms with van der Waals surface area (Å²) in [5.41, 5.74) is 0. The van der Waals surface area contributed by atoms with Gasteiger partial charge in [0, 0.05) is 0 Å². The van der Waals surface area contributed by atoms with E-state index in [2.05, 4.69) is 0 Å². The van der Waals surface area contributed by atoms with Crippen LogP contribution in [0.15, 0.2) is 0 Å². The van der Waals surface area contributed by atoms with E-state index in [1.54, 1.807) is 0 Å². The van der Waals surface area contributed by atoms with E-state index in [-0.39, 0.29) is 0 Å². The first-order valence-electron chi connectivity index (χ1n) is 3.24. The van der Waals surface area contributed by atoms with Gasteiger partial charge in [0.2, 0.25) is 0 Å². The first-order valence-corrected chi connectivity index (χ1v) is 4.36. The molecule has 1 aliphatic carbocycles. The molecule has 0 heterocycles. The lowest BCUT2D eigenvalue weighted by atomic mass is 9.97. The molecule has 1 aliphatic rings. The largest absolute Gasteiger partial charge is 0.370 e. The predicted octanol–water partition coefficient (Wildman–Crippen LogP) is 0.873. The third kappa shape index (κ3) is 1.59. The molecular formula is C6H9ClO2S. The molecular weight excluding hydrogens is 172 g/mol. The monoisotopic (exact) mass is 180 g/mol. The Balaban J connectivity index is 2.79. The molecule has 58 valence electrons. The summed E-state index contributed by atoms with van der Waals surface area (Å²) in [6.07, 6.45) is 3.05. The van der Waals surface area contributed by atoms with Crippen molar-refractivity contribution in [2.24, 2.45) is 0 Å². The molecule has 1 fully saturated rings. The Bertz CT molecular complexity index is 184. The highest BCUT2D eigenvalue weighted by molar-refractivity contribution is 7.66. The van der Waals surface area contributed by atoms with Crippen molar-refractivity contribution < 1.29 is 9.32 Å². The second-order valence-electron chi connectivity index (χ2n) is 2.47. The van der Waals surface area contributed by atoms with E-state index in [1.165, 1.54) is 0 Å². The third-order valence-electron chi connectivity index (χ3n) is 1.69. The topological polar surface area (TPSA) is 37.3 Å². The van der Waals surface area contributed by atoms with Gasteiger partial charge in [0.15, 0.2) is 5.06 Å². The van der Waals surface area contributed by atoms with Gasteiger partial charge in [-0.3, -0.25) is 0 Å². The van der Waals surface area contributed by atoms with Gasteiger partial charge in [-0.05, 0) is 25.7 Å². The van der Waals surface area contributed by atoms with Crippen molar-refractivity contribution in [1.29, 1.82) is 0 Å². The lowest BCUT2D eigenvalue weighted by Crippen LogP contribution is -2.35. The van der Waals surface area contributed by atoms with E-state index in [0.717, 1.165) is 12.8 Å². The minimum absolute atomic E-state index is 0.337. The van der Waals surface area contributed by atoms with Gasteiger partial charge in [0.05, 0.1) is 16.1 Å². The van der Waals surface area contributed by atoms with Crippen LogP contribution < -0.4 is 0 Å². The van der Waals surface area contributed by atoms with Crippen LogP contribution in [0.1, 0.15) is 25.7 Å². The van der Waals surface area contributed by atoms with E-state index in [9.17, 15) is 9.32 Å². The Labute approximate surface area is 68.3 Å². The quantitative estimate of drug-likeness (QED) is 0.444. The molecule has 0 aromatic rings. The molecule has 10 heavy (non-hydrogen) atoms. The molecule has 2 nitrogen and oxygen atoms in total. The second-order valence-corrected chi connectivity index (χ2v) is 3.76. The molecule has 0 aromatic carbocycles. The van der Waals surface area contributed by atoms with Gasteiger partial charge in [-0.15, -0.1) is 0 Å². The Morgan fingerprint density at radius 1 is 1.60 bits per heavy atom. The molecule has 1 saturated carbocycles. The van der Waals surface area contributed by atoms with Crippen LogP contribution in [0.25, 0.3) is 0 Å². The third-order valence-corrected chi connectivity index (χ3v) is 2.96. The van der Waals surface area contributed by atoms with Crippen molar-refractivity contribution in [3.8, 4) is 0 Å². The van der Waals surface area contributed by atoms with Crippen LogP contribution in [0.4, 0.5) is 0 Å². The first-order chi connectivity index (χ1) is 4.67. The van der Waals surface area contributed by atoms with Crippen molar-refractivity contribution >= 4 is 27.7 Å². The van der Waals surface area contributed by atoms with Crippen LogP contribution in [-0.2, 0) is 11.3 Å². The fraction of sp³-hybridized carbons (Fsp3) is 0.833. The SMILES string of the molecule is O=S=C1CCCCC1(O)Cl. The van der Waals surface area contributed by atoms with Gasteiger partial charge in [0.1, 0.15) is 0 Å². The zero-order valence-electron chi connectivity index (χ0n) is 5.47. The van der Waals surface area contributed by atoms with E-state index in [0.29, 0.717) is 29.0 Å². The van der Waals surface area contributed by atoms with Gasteiger partial charge < -0.3 is 5.11 Å². The van der Waals surface area contributed by atoms with Crippen molar-refractivity contribution in [2.75, 3.05) is 0 Å². The summed E-state index contributed by atoms with van der Waals surface area (Å²) in [6, 6.07) is 0. The summed E-state index contributed by atoms with van der Waals surface area (Å²) in [5.74, 6) is 0. The van der Waals surface area contributed by atoms with E-state index in [4.69, 9.17) is 11.6 Å². The Morgan fingerprint density at radius 3 is 2.70 bits per heavy atom. The summed E-state index contributed by atoms with van der Waals surface area (Å²) in [4.78, 5) is 0.473. The first kappa shape index (κ1) is 8.24. The van der Waals surface area contributed by atoms with Crippen LogP contribution in [0.5, 0.6) is 0 Å². The Kier molecular flexibility index (Phi) is 2.50. The molecule has 0 aromatic heterocycles. The molecule has 0 aliphatic heterocycles. The molecule has 0 amide bonds. The van der Waals surface area contributed by atoms with Crippen LogP contribution in [-0.4, -0.2) is 19.2 Å². The van der Waals surface area contributed by atoms with E-state index >= 15 is 0 Å². The van der Waals surface area contributed by atoms with Crippen molar-refractivity contribution in [1.82, 2.24) is 0 Å². The lowest BCUT2D eigenvalue weighted by molar-refractivity contribution is 0.176. The summed E-state index contributed by atoms with van der Waals surface area (Å²) < 4.78 is 10.3. The van der Waals surface area contributed by atoms with Crippen LogP contribution in [0, 0.1) is 0 Å². The zero-order chi connectivity index (χ0) is 7.61. The maximum absolute atomic E-state index is 10.3. The van der Waals surface area contributed by atoms with E-state index in [1.807, 2.05) is 0 Å². The smallest absolute Gasteiger partial charge is 0.172 e. The molecule has 1 unspecified atom stereocenters. The summed E-state index contributed by atoms with van der Waals surface area (Å²) in [6.45, 7) is 0. The number of hydrogen-bond donors (Lipinski definition) is 1. The number of aliphatic hydroxyl groups is 1. The van der Waals surface area contributed by atoms with Crippen molar-refractivity contribution in [3.05, 3.63) is 0 Å². The van der Waals surface area contributed by atoms with Gasteiger partial charge in [-0.1, -0.05) is 11.6 Å². The number of hydrogen-bond acceptors (Lipinski definition) is 2. The highest BCUT2D eigenvalue weighted by Crippen LogP contribution is 2.28. The standard InChI is InChI=1S/C6H9ClO2S/c7-6(8)4-2-1-3-5(6)10-9/h8H,1-4H2. The predicted molar refractivity (Wildman–Crippen MR) is 42.4 cm³/mol. The fourth-order valence-electron chi connectivity index (χ4n) is 1.08. The van der Waals surface area contributed by atoms with Crippen LogP contribution in [0.3, 0.4) is 0 Å². The minimum atomic E-state index is -1.31. The maximum atomic E-state index is 10.3. The fourth-order valence-corrected chi connectivity index (χ4v) is 1.86. The number of alkyl halides is 1. The summed E-state index contributed by atoms with van der Waals surface area (Å²) in [7, 11) is 0. The molecule has 0 spiro atoms. The van der Waals surface area contributed by atoms with Crippen molar-refractivity contribution in [2.45, 2.75) is 30.7 Å². The Hall–Kier alpha value is 0.140. The minimum Gasteiger partial charge on any atom is -0.370 e. The van der Waals surface area contributed by atoms with Gasteiger partial charge >= 0.3 is 0 Å². The average molecular weight is 181 g/mol. The molecule has 1 N–H and O–H groups in total. The highest BCUT2D eigenvalue weighted by atomic mass is 35.5. The zero-order valence-corrected chi connectivity index (χ0v) is 7.04. The van der Waals surface area contributed by atoms with Crippen LogP contribution in [0.2, 0.25) is 0 Å². The van der Waals surface area contributed by atoms with E-state index < -0.39 is 5.06 Å². The lowest BCUT2D eigenvalue weighted by Gasteiger charge is -2.25. The molecule has 1 atom stereocenters. The summed E-state index contributed by atoms with van der Waals surface area (Å²) >= 11 is 5.97. The van der Waals surface area contributed by atoms with Crippen molar-refractivity contribution in [3.63, 3.8) is 0 Å². The second kappa shape index (κ2) is 3.03. The average Bonchev–Trinajstić information content (AvgIpc) is 1.87. The molecule has 1 rings (SSSR count). The number of halogens is 1. The van der Waals surface area contributed by atoms with Gasteiger partial charge in [-0.25, -0.2) is 4.21 Å². The highest BCUT2D eigenvalue weighted by Gasteiger charge is 2.32. The summed E-state index contributed by atoms with van der Waals surface area (Å²) in [5, 5.41) is 8.03. The van der Waals surface area contributed by atoms with Crippen LogP contribution >= 0.6 is 11.6 Å². The van der Waals surface area contributed by atoms with Gasteiger partial charge in [0.25, 0.3) is 0 Å². The molecule has 4 heteroatoms. The number of rotatable bonds is 0. The molecule has 0 radical (unpaired) electrons. The Morgan fingerprint density at radius 2 is 2.30 bits per heavy atom. The maximum Gasteiger partial charge on any atom is 0.172 e. The molecule has 0 saturated heterocycles. The van der Waals surface area contributed by atoms with Gasteiger partial charge in [-0.2, -0.15) is 0 Å².